The van der Waals surface area contributed by atoms with Crippen LogP contribution in [0, 0.1) is 5.41 Å². The minimum Gasteiger partial charge on any atom is -0.772 e. The highest BCUT2D eigenvalue weighted by Gasteiger charge is 2.34. The van der Waals surface area contributed by atoms with Crippen LogP contribution in [0.1, 0.15) is 46.5 Å². The highest BCUT2D eigenvalue weighted by atomic mass is 32.2. The van der Waals surface area contributed by atoms with Gasteiger partial charge in [-0.1, -0.05) is 31.9 Å². The van der Waals surface area contributed by atoms with Crippen LogP contribution in [0.5, 0.6) is 0 Å². The van der Waals surface area contributed by atoms with Crippen LogP contribution in [-0.4, -0.2) is 49.8 Å². The lowest BCUT2D eigenvalue weighted by molar-refractivity contribution is 0.00556. The smallest absolute Gasteiger partial charge is 0.0667 e. The van der Waals surface area contributed by atoms with Crippen LogP contribution in [0.15, 0.2) is 0 Å². The summed E-state index contributed by atoms with van der Waals surface area (Å²) in [6.07, 6.45) is 3.36. The molecule has 0 bridgehead atoms. The van der Waals surface area contributed by atoms with E-state index in [2.05, 4.69) is 25.7 Å². The summed E-state index contributed by atoms with van der Waals surface area (Å²) < 4.78 is 21.5. The quantitative estimate of drug-likeness (QED) is 0.747. The van der Waals surface area contributed by atoms with Crippen LogP contribution >= 0.6 is 0 Å². The van der Waals surface area contributed by atoms with Gasteiger partial charge in [-0.15, -0.1) is 0 Å². The third kappa shape index (κ3) is 4.61. The Labute approximate surface area is 113 Å². The molecule has 0 saturated carbocycles. The highest BCUT2D eigenvalue weighted by molar-refractivity contribution is 7.79. The molecule has 1 aliphatic rings. The molecule has 1 N–H and O–H groups in total. The van der Waals surface area contributed by atoms with Gasteiger partial charge in [-0.05, 0) is 37.6 Å². The van der Waals surface area contributed by atoms with Gasteiger partial charge in [-0.2, -0.15) is 0 Å². The molecule has 0 aromatic carbocycles. The summed E-state index contributed by atoms with van der Waals surface area (Å²) in [6.45, 7) is 8.15. The average Bonchev–Trinajstić information content (AvgIpc) is 2.27. The average molecular weight is 276 g/mol. The second-order valence-electron chi connectivity index (χ2n) is 5.96. The molecule has 18 heavy (non-hydrogen) atoms. The standard InChI is InChI=1S/C13H27NO3S/c1-4-12(13(2,3)7-9-18(16)17)14-8-5-6-11(15)10-14/h11-12,15H,4-10H2,1-3H3,(H,16,17)/p-1. The minimum atomic E-state index is -1.96. The highest BCUT2D eigenvalue weighted by Crippen LogP contribution is 2.33. The molecule has 5 heteroatoms. The van der Waals surface area contributed by atoms with Gasteiger partial charge in [0.25, 0.3) is 0 Å². The lowest BCUT2D eigenvalue weighted by atomic mass is 9.79. The zero-order chi connectivity index (χ0) is 13.8. The Morgan fingerprint density at radius 1 is 1.56 bits per heavy atom. The van der Waals surface area contributed by atoms with E-state index in [1.54, 1.807) is 0 Å². The maximum atomic E-state index is 10.7. The lowest BCUT2D eigenvalue weighted by Gasteiger charge is -2.44. The van der Waals surface area contributed by atoms with Crippen molar-refractivity contribution in [3.05, 3.63) is 0 Å². The van der Waals surface area contributed by atoms with Gasteiger partial charge in [0, 0.05) is 18.3 Å². The van der Waals surface area contributed by atoms with Gasteiger partial charge in [0.15, 0.2) is 0 Å². The fourth-order valence-corrected chi connectivity index (χ4v) is 3.78. The van der Waals surface area contributed by atoms with Gasteiger partial charge in [0.05, 0.1) is 6.10 Å². The second kappa shape index (κ2) is 6.98. The topological polar surface area (TPSA) is 63.6 Å². The zero-order valence-corrected chi connectivity index (χ0v) is 12.5. The third-order valence-electron chi connectivity index (χ3n) is 4.07. The van der Waals surface area contributed by atoms with Crippen molar-refractivity contribution >= 4 is 11.1 Å². The van der Waals surface area contributed by atoms with Gasteiger partial charge in [-0.25, -0.2) is 0 Å². The van der Waals surface area contributed by atoms with Crippen LogP contribution in [0.3, 0.4) is 0 Å². The van der Waals surface area contributed by atoms with Crippen LogP contribution < -0.4 is 0 Å². The molecule has 0 aromatic heterocycles. The number of aliphatic hydroxyl groups excluding tert-OH is 1. The normalized spacial score (nSPS) is 25.9. The van der Waals surface area contributed by atoms with E-state index in [1.165, 1.54) is 0 Å². The molecule has 0 radical (unpaired) electrons. The van der Waals surface area contributed by atoms with Gasteiger partial charge in [0.2, 0.25) is 0 Å². The van der Waals surface area contributed by atoms with Crippen molar-refractivity contribution in [3.63, 3.8) is 0 Å². The summed E-state index contributed by atoms with van der Waals surface area (Å²) >= 11 is -1.96. The van der Waals surface area contributed by atoms with Gasteiger partial charge in [0.1, 0.15) is 0 Å². The summed E-state index contributed by atoms with van der Waals surface area (Å²) in [5.41, 5.74) is -0.0358. The summed E-state index contributed by atoms with van der Waals surface area (Å²) in [7, 11) is 0. The number of hydrogen-bond acceptors (Lipinski definition) is 4. The molecule has 1 heterocycles. The Balaban J connectivity index is 2.64. The van der Waals surface area contributed by atoms with E-state index in [9.17, 15) is 13.9 Å². The summed E-state index contributed by atoms with van der Waals surface area (Å²) in [5.74, 6) is 0.222. The molecule has 1 aliphatic heterocycles. The first kappa shape index (κ1) is 16.1. The number of nitrogens with zero attached hydrogens (tertiary/aromatic N) is 1. The maximum Gasteiger partial charge on any atom is 0.0667 e. The van der Waals surface area contributed by atoms with Crippen LogP contribution in [0.2, 0.25) is 0 Å². The van der Waals surface area contributed by atoms with E-state index in [0.29, 0.717) is 12.5 Å². The Morgan fingerprint density at radius 2 is 2.22 bits per heavy atom. The molecule has 1 fully saturated rings. The summed E-state index contributed by atoms with van der Waals surface area (Å²) in [4.78, 5) is 2.34. The van der Waals surface area contributed by atoms with Crippen molar-refractivity contribution in [2.24, 2.45) is 5.41 Å². The second-order valence-corrected chi connectivity index (χ2v) is 6.98. The van der Waals surface area contributed by atoms with E-state index >= 15 is 0 Å². The van der Waals surface area contributed by atoms with Gasteiger partial charge >= 0.3 is 0 Å². The predicted octanol–water partition coefficient (Wildman–Crippen LogP) is 1.52. The minimum absolute atomic E-state index is 0.0358. The maximum absolute atomic E-state index is 10.7. The molecule has 0 aromatic rings. The van der Waals surface area contributed by atoms with E-state index in [1.807, 2.05) is 0 Å². The largest absolute Gasteiger partial charge is 0.772 e. The molecular weight excluding hydrogens is 250 g/mol. The first-order valence-corrected chi connectivity index (χ1v) is 8.09. The molecule has 0 aliphatic carbocycles. The Bertz CT molecular complexity index is 283. The SMILES string of the molecule is CCC(N1CCCC(O)C1)C(C)(C)CCS(=O)[O-]. The lowest BCUT2D eigenvalue weighted by Crippen LogP contribution is -2.50. The molecule has 0 amide bonds. The van der Waals surface area contributed by atoms with Gasteiger partial charge < -0.3 is 9.66 Å². The van der Waals surface area contributed by atoms with Crippen molar-refractivity contribution in [3.8, 4) is 0 Å². The first-order valence-electron chi connectivity index (χ1n) is 6.84. The van der Waals surface area contributed by atoms with Crippen molar-refractivity contribution < 1.29 is 13.9 Å². The van der Waals surface area contributed by atoms with Crippen LogP contribution in [0.25, 0.3) is 0 Å². The van der Waals surface area contributed by atoms with E-state index in [-0.39, 0.29) is 17.3 Å². The zero-order valence-electron chi connectivity index (χ0n) is 11.7. The predicted molar refractivity (Wildman–Crippen MR) is 73.1 cm³/mol. The number of likely N-dealkylation sites (tertiary alicyclic amines) is 1. The Kier molecular flexibility index (Phi) is 6.24. The summed E-state index contributed by atoms with van der Waals surface area (Å²) in [6, 6.07) is 0.344. The van der Waals surface area contributed by atoms with Crippen LogP contribution in [-0.2, 0) is 11.1 Å². The van der Waals surface area contributed by atoms with Crippen molar-refractivity contribution in [2.75, 3.05) is 18.8 Å². The van der Waals surface area contributed by atoms with Crippen molar-refractivity contribution in [1.82, 2.24) is 4.90 Å². The fourth-order valence-electron chi connectivity index (χ4n) is 3.08. The molecule has 3 atom stereocenters. The molecule has 1 rings (SSSR count). The Morgan fingerprint density at radius 3 is 2.72 bits per heavy atom. The molecule has 4 nitrogen and oxygen atoms in total. The molecular formula is C13H26NO3S-. The fraction of sp³-hybridized carbons (Fsp3) is 1.00. The number of aliphatic hydroxyl groups is 1. The molecule has 108 valence electrons. The van der Waals surface area contributed by atoms with Crippen molar-refractivity contribution in [1.29, 1.82) is 0 Å². The number of hydrogen-bond donors (Lipinski definition) is 1. The monoisotopic (exact) mass is 276 g/mol. The number of piperidine rings is 1. The first-order chi connectivity index (χ1) is 8.36. The van der Waals surface area contributed by atoms with Crippen LogP contribution in [0.4, 0.5) is 0 Å². The number of rotatable bonds is 6. The van der Waals surface area contributed by atoms with Gasteiger partial charge in [-0.3, -0.25) is 9.11 Å². The Hall–Kier alpha value is 0.0300. The van der Waals surface area contributed by atoms with E-state index < -0.39 is 11.1 Å². The summed E-state index contributed by atoms with van der Waals surface area (Å²) in [5, 5.41) is 9.77. The molecule has 0 spiro atoms. The number of β-amino-alcohol motifs (C(OH)–C–C–N with tert-alkyl or cyclic N) is 1. The van der Waals surface area contributed by atoms with Crippen molar-refractivity contribution in [2.45, 2.75) is 58.6 Å². The molecule has 1 saturated heterocycles. The van der Waals surface area contributed by atoms with E-state index in [0.717, 1.165) is 32.4 Å². The van der Waals surface area contributed by atoms with E-state index in [4.69, 9.17) is 0 Å². The third-order valence-corrected chi connectivity index (χ3v) is 4.61. The molecule has 3 unspecified atom stereocenters.